The first-order valence-electron chi connectivity index (χ1n) is 9.41. The summed E-state index contributed by atoms with van der Waals surface area (Å²) in [6.07, 6.45) is 2.30. The van der Waals surface area contributed by atoms with Crippen LogP contribution in [-0.2, 0) is 16.1 Å². The molecule has 0 unspecified atom stereocenters. The lowest BCUT2D eigenvalue weighted by atomic mass is 10.2. The van der Waals surface area contributed by atoms with Crippen LogP contribution in [0.2, 0.25) is 0 Å². The Kier molecular flexibility index (Phi) is 7.09. The molecule has 0 fully saturated rings. The number of ether oxygens (including phenoxy) is 4. The molecule has 0 saturated carbocycles. The van der Waals surface area contributed by atoms with Gasteiger partial charge in [0.1, 0.15) is 0 Å². The Morgan fingerprint density at radius 3 is 2.73 bits per heavy atom. The van der Waals surface area contributed by atoms with E-state index >= 15 is 0 Å². The topological polar surface area (TPSA) is 107 Å². The molecule has 0 saturated heterocycles. The fourth-order valence-electron chi connectivity index (χ4n) is 2.63. The zero-order valence-corrected chi connectivity index (χ0v) is 16.8. The first kappa shape index (κ1) is 21.0. The summed E-state index contributed by atoms with van der Waals surface area (Å²) in [6.45, 7) is 2.94. The van der Waals surface area contributed by atoms with Crippen molar-refractivity contribution in [2.45, 2.75) is 19.9 Å². The normalized spacial score (nSPS) is 11.9. The lowest BCUT2D eigenvalue weighted by molar-refractivity contribution is -0.139. The lowest BCUT2D eigenvalue weighted by Crippen LogP contribution is -2.37. The summed E-state index contributed by atoms with van der Waals surface area (Å²) in [4.78, 5) is 23.9. The Hall–Kier alpha value is -3.75. The number of rotatable bonds is 8. The van der Waals surface area contributed by atoms with Crippen molar-refractivity contribution in [3.05, 3.63) is 47.5 Å². The van der Waals surface area contributed by atoms with Crippen LogP contribution < -0.4 is 29.7 Å². The molecule has 2 aromatic carbocycles. The Morgan fingerprint density at radius 1 is 1.10 bits per heavy atom. The number of nitrogens with one attached hydrogen (secondary N) is 2. The number of methoxy groups -OCH3 is 1. The molecule has 0 aromatic heterocycles. The molecule has 1 aliphatic heterocycles. The van der Waals surface area contributed by atoms with E-state index in [-0.39, 0.29) is 13.3 Å². The maximum Gasteiger partial charge on any atom is 0.329 e. The summed E-state index contributed by atoms with van der Waals surface area (Å²) >= 11 is 0. The SMILES string of the molecule is CCCOc1ccc(/C=N\NC(=O)C(=O)NCc2ccc3c(c2)OCO3)cc1OC. The first-order chi connectivity index (χ1) is 14.6. The van der Waals surface area contributed by atoms with Crippen LogP contribution in [0.4, 0.5) is 0 Å². The molecule has 0 atom stereocenters. The predicted octanol–water partition coefficient (Wildman–Crippen LogP) is 1.98. The van der Waals surface area contributed by atoms with Crippen LogP contribution in [0.15, 0.2) is 41.5 Å². The minimum Gasteiger partial charge on any atom is -0.493 e. The maximum atomic E-state index is 11.9. The molecule has 0 bridgehead atoms. The summed E-state index contributed by atoms with van der Waals surface area (Å²) in [6, 6.07) is 10.5. The Balaban J connectivity index is 1.49. The van der Waals surface area contributed by atoms with Crippen LogP contribution >= 0.6 is 0 Å². The second-order valence-electron chi connectivity index (χ2n) is 6.33. The average Bonchev–Trinajstić information content (AvgIpc) is 3.24. The van der Waals surface area contributed by atoms with Gasteiger partial charge in [0, 0.05) is 6.54 Å². The van der Waals surface area contributed by atoms with Crippen molar-refractivity contribution in [2.75, 3.05) is 20.5 Å². The molecule has 30 heavy (non-hydrogen) atoms. The van der Waals surface area contributed by atoms with Crippen molar-refractivity contribution >= 4 is 18.0 Å². The Bertz CT molecular complexity index is 944. The molecule has 9 heteroatoms. The van der Waals surface area contributed by atoms with E-state index in [2.05, 4.69) is 15.8 Å². The van der Waals surface area contributed by atoms with Gasteiger partial charge in [0.25, 0.3) is 0 Å². The van der Waals surface area contributed by atoms with Crippen molar-refractivity contribution in [3.63, 3.8) is 0 Å². The third kappa shape index (κ3) is 5.40. The number of fused-ring (bicyclic) bond motifs is 1. The molecule has 1 heterocycles. The fourth-order valence-corrected chi connectivity index (χ4v) is 2.63. The molecule has 0 aliphatic carbocycles. The molecule has 2 N–H and O–H groups in total. The third-order valence-corrected chi connectivity index (χ3v) is 4.13. The number of nitrogens with zero attached hydrogens (tertiary/aromatic N) is 1. The van der Waals surface area contributed by atoms with E-state index in [1.54, 1.807) is 43.5 Å². The lowest BCUT2D eigenvalue weighted by Gasteiger charge is -2.10. The second kappa shape index (κ2) is 10.1. The van der Waals surface area contributed by atoms with Crippen LogP contribution in [-0.4, -0.2) is 38.5 Å². The zero-order valence-electron chi connectivity index (χ0n) is 16.8. The van der Waals surface area contributed by atoms with Gasteiger partial charge in [0.05, 0.1) is 19.9 Å². The predicted molar refractivity (Wildman–Crippen MR) is 109 cm³/mol. The minimum atomic E-state index is -0.873. The van der Waals surface area contributed by atoms with Gasteiger partial charge in [-0.05, 0) is 47.9 Å². The second-order valence-corrected chi connectivity index (χ2v) is 6.33. The molecule has 9 nitrogen and oxygen atoms in total. The molecular formula is C21H23N3O6. The highest BCUT2D eigenvalue weighted by atomic mass is 16.7. The Morgan fingerprint density at radius 2 is 1.93 bits per heavy atom. The van der Waals surface area contributed by atoms with E-state index in [0.29, 0.717) is 35.2 Å². The maximum absolute atomic E-state index is 11.9. The Labute approximate surface area is 174 Å². The highest BCUT2D eigenvalue weighted by molar-refractivity contribution is 6.35. The largest absolute Gasteiger partial charge is 0.493 e. The van der Waals surface area contributed by atoms with Gasteiger partial charge in [-0.25, -0.2) is 5.43 Å². The van der Waals surface area contributed by atoms with Crippen molar-refractivity contribution in [1.29, 1.82) is 0 Å². The first-order valence-corrected chi connectivity index (χ1v) is 9.41. The van der Waals surface area contributed by atoms with E-state index in [0.717, 1.165) is 12.0 Å². The molecule has 3 rings (SSSR count). The summed E-state index contributed by atoms with van der Waals surface area (Å²) in [5, 5.41) is 6.34. The van der Waals surface area contributed by atoms with E-state index in [9.17, 15) is 9.59 Å². The number of hydrogen-bond acceptors (Lipinski definition) is 7. The van der Waals surface area contributed by atoms with Gasteiger partial charge < -0.3 is 24.3 Å². The highest BCUT2D eigenvalue weighted by Crippen LogP contribution is 2.32. The summed E-state index contributed by atoms with van der Waals surface area (Å²) < 4.78 is 21.4. The summed E-state index contributed by atoms with van der Waals surface area (Å²) in [7, 11) is 1.54. The molecule has 1 aliphatic rings. The number of carbonyl (C=O) groups is 2. The van der Waals surface area contributed by atoms with Crippen LogP contribution in [0.5, 0.6) is 23.0 Å². The number of carbonyl (C=O) groups excluding carboxylic acids is 2. The van der Waals surface area contributed by atoms with Gasteiger partial charge in [0.15, 0.2) is 23.0 Å². The van der Waals surface area contributed by atoms with Gasteiger partial charge >= 0.3 is 11.8 Å². The molecule has 0 spiro atoms. The summed E-state index contributed by atoms with van der Waals surface area (Å²) in [5.41, 5.74) is 3.65. The van der Waals surface area contributed by atoms with Crippen LogP contribution in [0, 0.1) is 0 Å². The molecule has 158 valence electrons. The van der Waals surface area contributed by atoms with Crippen molar-refractivity contribution in [1.82, 2.24) is 10.7 Å². The third-order valence-electron chi connectivity index (χ3n) is 4.13. The van der Waals surface area contributed by atoms with Crippen LogP contribution in [0.1, 0.15) is 24.5 Å². The van der Waals surface area contributed by atoms with Gasteiger partial charge in [0.2, 0.25) is 6.79 Å². The van der Waals surface area contributed by atoms with Gasteiger partial charge in [-0.2, -0.15) is 5.10 Å². The van der Waals surface area contributed by atoms with Gasteiger partial charge in [-0.15, -0.1) is 0 Å². The van der Waals surface area contributed by atoms with Crippen LogP contribution in [0.25, 0.3) is 0 Å². The van der Waals surface area contributed by atoms with E-state index in [1.165, 1.54) is 6.21 Å². The average molecular weight is 413 g/mol. The highest BCUT2D eigenvalue weighted by Gasteiger charge is 2.15. The quantitative estimate of drug-likeness (QED) is 0.389. The summed E-state index contributed by atoms with van der Waals surface area (Å²) in [5.74, 6) is 0.771. The fraction of sp³-hybridized carbons (Fsp3) is 0.286. The molecule has 0 radical (unpaired) electrons. The van der Waals surface area contributed by atoms with Crippen molar-refractivity contribution in [2.24, 2.45) is 5.10 Å². The molecule has 2 amide bonds. The van der Waals surface area contributed by atoms with Crippen molar-refractivity contribution in [3.8, 4) is 23.0 Å². The van der Waals surface area contributed by atoms with Crippen LogP contribution in [0.3, 0.4) is 0 Å². The standard InChI is InChI=1S/C21H23N3O6/c1-3-8-28-16-6-5-15(9-18(16)27-2)12-23-24-21(26)20(25)22-11-14-4-7-17-19(10-14)30-13-29-17/h4-7,9-10,12H,3,8,11,13H2,1-2H3,(H,22,25)(H,24,26)/b23-12-. The van der Waals surface area contributed by atoms with E-state index < -0.39 is 11.8 Å². The number of benzene rings is 2. The monoisotopic (exact) mass is 413 g/mol. The van der Waals surface area contributed by atoms with E-state index in [4.69, 9.17) is 18.9 Å². The van der Waals surface area contributed by atoms with Gasteiger partial charge in [-0.1, -0.05) is 13.0 Å². The minimum absolute atomic E-state index is 0.170. The molecular weight excluding hydrogens is 390 g/mol. The zero-order chi connectivity index (χ0) is 21.3. The number of hydrazone groups is 1. The number of hydrogen-bond donors (Lipinski definition) is 2. The smallest absolute Gasteiger partial charge is 0.329 e. The number of amides is 2. The van der Waals surface area contributed by atoms with Crippen molar-refractivity contribution < 1.29 is 28.5 Å². The van der Waals surface area contributed by atoms with Gasteiger partial charge in [-0.3, -0.25) is 9.59 Å². The van der Waals surface area contributed by atoms with E-state index in [1.807, 2.05) is 6.92 Å². The molecule has 2 aromatic rings.